The van der Waals surface area contributed by atoms with Gasteiger partial charge < -0.3 is 9.47 Å². The molecule has 0 amide bonds. The van der Waals surface area contributed by atoms with Crippen LogP contribution < -0.4 is 4.74 Å². The molecular weight excluding hydrogens is 442 g/mol. The van der Waals surface area contributed by atoms with E-state index in [4.69, 9.17) is 9.47 Å². The Morgan fingerprint density at radius 3 is 2.82 bits per heavy atom. The first-order chi connectivity index (χ1) is 16.6. The van der Waals surface area contributed by atoms with Crippen molar-refractivity contribution >= 4 is 11.6 Å². The third kappa shape index (κ3) is 4.24. The number of fused-ring (bicyclic) bond motifs is 2. The van der Waals surface area contributed by atoms with Crippen LogP contribution in [0.15, 0.2) is 36.5 Å². The number of piperidine rings is 2. The second-order valence-electron chi connectivity index (χ2n) is 8.96. The molecule has 2 aromatic heterocycles. The molecule has 34 heavy (non-hydrogen) atoms. The normalized spacial score (nSPS) is 20.9. The first kappa shape index (κ1) is 22.7. The maximum Gasteiger partial charge on any atom is 0.343 e. The van der Waals surface area contributed by atoms with Gasteiger partial charge in [0.25, 0.3) is 6.43 Å². The highest BCUT2D eigenvalue weighted by molar-refractivity contribution is 5.96. The summed E-state index contributed by atoms with van der Waals surface area (Å²) in [6.07, 6.45) is 4.12. The van der Waals surface area contributed by atoms with E-state index in [2.05, 4.69) is 15.0 Å². The molecule has 4 heterocycles. The monoisotopic (exact) mass is 470 g/mol. The molecule has 7 nitrogen and oxygen atoms in total. The van der Waals surface area contributed by atoms with Gasteiger partial charge in [-0.05, 0) is 57.0 Å². The van der Waals surface area contributed by atoms with Crippen LogP contribution in [-0.4, -0.2) is 58.3 Å². The minimum atomic E-state index is -2.80. The van der Waals surface area contributed by atoms with Crippen LogP contribution in [0.4, 0.5) is 8.78 Å². The van der Waals surface area contributed by atoms with Gasteiger partial charge in [0.1, 0.15) is 17.0 Å². The molecule has 0 radical (unpaired) electrons. The Morgan fingerprint density at radius 2 is 2.00 bits per heavy atom. The van der Waals surface area contributed by atoms with E-state index >= 15 is 0 Å². The van der Waals surface area contributed by atoms with Gasteiger partial charge in [-0.2, -0.15) is 5.10 Å². The molecule has 2 atom stereocenters. The second kappa shape index (κ2) is 9.66. The number of rotatable bonds is 6. The lowest BCUT2D eigenvalue weighted by atomic mass is 9.84. The van der Waals surface area contributed by atoms with Gasteiger partial charge in [-0.15, -0.1) is 0 Å². The van der Waals surface area contributed by atoms with E-state index in [9.17, 15) is 13.6 Å². The molecule has 0 spiro atoms. The van der Waals surface area contributed by atoms with Crippen LogP contribution in [0, 0.1) is 5.92 Å². The van der Waals surface area contributed by atoms with Crippen molar-refractivity contribution in [2.75, 3.05) is 26.8 Å². The predicted molar refractivity (Wildman–Crippen MR) is 122 cm³/mol. The summed E-state index contributed by atoms with van der Waals surface area (Å²) in [4.78, 5) is 20.1. The molecule has 0 N–H and O–H groups in total. The Kier molecular flexibility index (Phi) is 6.45. The first-order valence-corrected chi connectivity index (χ1v) is 11.8. The van der Waals surface area contributed by atoms with Crippen LogP contribution in [0.2, 0.25) is 0 Å². The maximum atomic E-state index is 13.9. The number of halogens is 2. The maximum absolute atomic E-state index is 13.9. The van der Waals surface area contributed by atoms with Gasteiger partial charge in [-0.3, -0.25) is 4.90 Å². The van der Waals surface area contributed by atoms with E-state index < -0.39 is 12.4 Å². The van der Waals surface area contributed by atoms with Crippen molar-refractivity contribution in [3.05, 3.63) is 47.8 Å². The number of benzene rings is 1. The largest absolute Gasteiger partial charge is 0.496 e. The Hall–Kier alpha value is -3.07. The molecule has 2 unspecified atom stereocenters. The van der Waals surface area contributed by atoms with Gasteiger partial charge >= 0.3 is 5.97 Å². The summed E-state index contributed by atoms with van der Waals surface area (Å²) < 4.78 is 39.9. The van der Waals surface area contributed by atoms with Crippen molar-refractivity contribution in [3.8, 4) is 17.0 Å². The SMILES string of the molecule is COc1ccccc1-c1cc(C(F)F)n2ncc(C(=O)OCC3CCCN4CCCCC34)c2n1. The zero-order valence-electron chi connectivity index (χ0n) is 19.1. The zero-order valence-corrected chi connectivity index (χ0v) is 19.1. The third-order valence-corrected chi connectivity index (χ3v) is 6.98. The highest BCUT2D eigenvalue weighted by Crippen LogP contribution is 2.33. The van der Waals surface area contributed by atoms with Gasteiger partial charge in [-0.1, -0.05) is 18.6 Å². The lowest BCUT2D eigenvalue weighted by molar-refractivity contribution is 0.00749. The Morgan fingerprint density at radius 1 is 1.18 bits per heavy atom. The summed E-state index contributed by atoms with van der Waals surface area (Å²) in [6, 6.07) is 8.75. The minimum absolute atomic E-state index is 0.0478. The summed E-state index contributed by atoms with van der Waals surface area (Å²) in [7, 11) is 1.51. The van der Waals surface area contributed by atoms with Crippen molar-refractivity contribution in [3.63, 3.8) is 0 Å². The van der Waals surface area contributed by atoms with Crippen LogP contribution in [-0.2, 0) is 4.74 Å². The van der Waals surface area contributed by atoms with Gasteiger partial charge in [0.15, 0.2) is 5.65 Å². The van der Waals surface area contributed by atoms with Crippen LogP contribution in [0.25, 0.3) is 16.9 Å². The molecule has 180 valence electrons. The van der Waals surface area contributed by atoms with Crippen LogP contribution in [0.3, 0.4) is 0 Å². The highest BCUT2D eigenvalue weighted by atomic mass is 19.3. The molecule has 2 saturated heterocycles. The number of carbonyl (C=O) groups excluding carboxylic acids is 1. The van der Waals surface area contributed by atoms with Gasteiger partial charge in [0.2, 0.25) is 0 Å². The fourth-order valence-electron chi connectivity index (χ4n) is 5.31. The number of aromatic nitrogens is 3. The molecule has 3 aromatic rings. The zero-order chi connectivity index (χ0) is 23.7. The summed E-state index contributed by atoms with van der Waals surface area (Å²) in [6.45, 7) is 2.52. The third-order valence-electron chi connectivity index (χ3n) is 6.98. The Labute approximate surface area is 196 Å². The topological polar surface area (TPSA) is 69.0 Å². The number of esters is 1. The van der Waals surface area contributed by atoms with Gasteiger partial charge in [-0.25, -0.2) is 23.1 Å². The van der Waals surface area contributed by atoms with Crippen molar-refractivity contribution in [2.45, 2.75) is 44.6 Å². The fraction of sp³-hybridized carbons (Fsp3) is 0.480. The van der Waals surface area contributed by atoms with Crippen molar-refractivity contribution in [2.24, 2.45) is 5.92 Å². The number of methoxy groups -OCH3 is 1. The van der Waals surface area contributed by atoms with E-state index in [0.717, 1.165) is 36.9 Å². The Bertz CT molecular complexity index is 1180. The van der Waals surface area contributed by atoms with E-state index in [1.54, 1.807) is 24.3 Å². The van der Waals surface area contributed by atoms with E-state index in [-0.39, 0.29) is 28.5 Å². The number of hydrogen-bond donors (Lipinski definition) is 0. The number of carbonyl (C=O) groups is 1. The molecule has 5 rings (SSSR count). The number of nitrogens with zero attached hydrogens (tertiary/aromatic N) is 4. The summed E-state index contributed by atoms with van der Waals surface area (Å²) >= 11 is 0. The lowest BCUT2D eigenvalue weighted by Crippen LogP contribution is -2.49. The molecule has 9 heteroatoms. The van der Waals surface area contributed by atoms with Gasteiger partial charge in [0, 0.05) is 17.5 Å². The average molecular weight is 471 g/mol. The number of para-hydroxylation sites is 1. The number of hydrogen-bond acceptors (Lipinski definition) is 6. The number of alkyl halides is 2. The van der Waals surface area contributed by atoms with E-state index in [1.165, 1.54) is 32.2 Å². The van der Waals surface area contributed by atoms with Crippen molar-refractivity contribution in [1.82, 2.24) is 19.5 Å². The lowest BCUT2D eigenvalue weighted by Gasteiger charge is -2.44. The first-order valence-electron chi connectivity index (χ1n) is 11.8. The van der Waals surface area contributed by atoms with Crippen molar-refractivity contribution < 1.29 is 23.0 Å². The van der Waals surface area contributed by atoms with Gasteiger partial charge in [0.05, 0.1) is 25.6 Å². The molecule has 0 bridgehead atoms. The standard InChI is InChI=1S/C25H28F2N4O3/c1-33-22-10-3-2-8-17(22)19-13-21(23(26)27)31-24(29-19)18(14-28-31)25(32)34-15-16-7-6-12-30-11-5-4-9-20(16)30/h2-3,8,10,13-14,16,20,23H,4-7,9,11-12,15H2,1H3. The minimum Gasteiger partial charge on any atom is -0.496 e. The molecule has 2 aliphatic heterocycles. The van der Waals surface area contributed by atoms with Crippen LogP contribution in [0.5, 0.6) is 5.75 Å². The highest BCUT2D eigenvalue weighted by Gasteiger charge is 2.34. The summed E-state index contributed by atoms with van der Waals surface area (Å²) in [5, 5.41) is 4.03. The molecular formula is C25H28F2N4O3. The molecule has 2 fully saturated rings. The molecule has 0 aliphatic carbocycles. The van der Waals surface area contributed by atoms with Crippen LogP contribution in [0.1, 0.15) is 54.6 Å². The van der Waals surface area contributed by atoms with E-state index in [0.29, 0.717) is 24.0 Å². The number of ether oxygens (including phenoxy) is 2. The fourth-order valence-corrected chi connectivity index (χ4v) is 5.31. The predicted octanol–water partition coefficient (Wildman–Crippen LogP) is 4.76. The van der Waals surface area contributed by atoms with Crippen molar-refractivity contribution in [1.29, 1.82) is 0 Å². The second-order valence-corrected chi connectivity index (χ2v) is 8.96. The molecule has 0 saturated carbocycles. The summed E-state index contributed by atoms with van der Waals surface area (Å²) in [5.41, 5.74) is 0.603. The summed E-state index contributed by atoms with van der Waals surface area (Å²) in [5.74, 6) is 0.193. The average Bonchev–Trinajstić information content (AvgIpc) is 3.30. The smallest absolute Gasteiger partial charge is 0.343 e. The molecule has 2 aliphatic rings. The van der Waals surface area contributed by atoms with E-state index in [1.807, 2.05) is 0 Å². The molecule has 1 aromatic carbocycles. The Balaban J connectivity index is 1.44. The van der Waals surface area contributed by atoms with Crippen LogP contribution >= 0.6 is 0 Å². The quantitative estimate of drug-likeness (QED) is 0.484.